The summed E-state index contributed by atoms with van der Waals surface area (Å²) in [4.78, 5) is 16.9. The molecule has 0 bridgehead atoms. The fourth-order valence-electron chi connectivity index (χ4n) is 2.46. The number of benzene rings is 2. The molecule has 7 heteroatoms. The molecule has 3 nitrogen and oxygen atoms in total. The predicted molar refractivity (Wildman–Crippen MR) is 84.8 cm³/mol. The zero-order chi connectivity index (χ0) is 16.8. The van der Waals surface area contributed by atoms with Crippen LogP contribution in [0, 0.1) is 6.92 Å². The van der Waals surface area contributed by atoms with Crippen LogP contribution in [-0.2, 0) is 6.18 Å². The van der Waals surface area contributed by atoms with Crippen molar-refractivity contribution in [2.75, 3.05) is 0 Å². The van der Waals surface area contributed by atoms with Crippen molar-refractivity contribution in [1.29, 1.82) is 0 Å². The maximum Gasteiger partial charge on any atom is 0.418 e. The van der Waals surface area contributed by atoms with E-state index in [9.17, 15) is 18.0 Å². The summed E-state index contributed by atoms with van der Waals surface area (Å²) in [6.45, 7) is 1.51. The lowest BCUT2D eigenvalue weighted by Crippen LogP contribution is -2.25. The zero-order valence-electron chi connectivity index (χ0n) is 11.9. The Kier molecular flexibility index (Phi) is 3.75. The highest BCUT2D eigenvalue weighted by Gasteiger charge is 2.35. The Bertz CT molecular complexity index is 964. The Morgan fingerprint density at radius 1 is 1.13 bits per heavy atom. The number of rotatable bonds is 1. The smallest absolute Gasteiger partial charge is 0.268 e. The van der Waals surface area contributed by atoms with E-state index in [4.69, 9.17) is 0 Å². The summed E-state index contributed by atoms with van der Waals surface area (Å²) in [5.41, 5.74) is -1.20. The maximum atomic E-state index is 13.3. The van der Waals surface area contributed by atoms with Gasteiger partial charge in [-0.25, -0.2) is 4.98 Å². The van der Waals surface area contributed by atoms with Gasteiger partial charge in [-0.15, -0.1) is 0 Å². The van der Waals surface area contributed by atoms with Gasteiger partial charge in [0.05, 0.1) is 22.2 Å². The summed E-state index contributed by atoms with van der Waals surface area (Å²) < 4.78 is 41.3. The molecule has 0 aliphatic rings. The number of hydrogen-bond donors (Lipinski definition) is 0. The van der Waals surface area contributed by atoms with Gasteiger partial charge < -0.3 is 0 Å². The number of halogens is 4. The van der Waals surface area contributed by atoms with Gasteiger partial charge in [-0.05, 0) is 37.3 Å². The van der Waals surface area contributed by atoms with Crippen LogP contribution in [0.4, 0.5) is 13.2 Å². The van der Waals surface area contributed by atoms with Gasteiger partial charge >= 0.3 is 6.18 Å². The van der Waals surface area contributed by atoms with Crippen LogP contribution in [0.2, 0.25) is 0 Å². The molecule has 0 fully saturated rings. The molecule has 23 heavy (non-hydrogen) atoms. The first-order valence-corrected chi connectivity index (χ1v) is 7.44. The second-order valence-electron chi connectivity index (χ2n) is 4.98. The summed E-state index contributed by atoms with van der Waals surface area (Å²) >= 11 is 3.04. The Labute approximate surface area is 137 Å². The van der Waals surface area contributed by atoms with Crippen molar-refractivity contribution in [3.63, 3.8) is 0 Å². The molecule has 0 saturated heterocycles. The topological polar surface area (TPSA) is 34.9 Å². The van der Waals surface area contributed by atoms with Crippen LogP contribution in [0.1, 0.15) is 11.4 Å². The third-order valence-corrected chi connectivity index (χ3v) is 3.94. The van der Waals surface area contributed by atoms with Gasteiger partial charge in [-0.2, -0.15) is 13.2 Å². The summed E-state index contributed by atoms with van der Waals surface area (Å²) in [7, 11) is 0. The molecule has 0 unspecified atom stereocenters. The highest BCUT2D eigenvalue weighted by Crippen LogP contribution is 2.35. The quantitative estimate of drug-likeness (QED) is 0.621. The van der Waals surface area contributed by atoms with Gasteiger partial charge in [0.1, 0.15) is 5.82 Å². The van der Waals surface area contributed by atoms with Crippen LogP contribution < -0.4 is 5.56 Å². The molecule has 118 valence electrons. The fraction of sp³-hybridized carbons (Fsp3) is 0.125. The third kappa shape index (κ3) is 2.76. The van der Waals surface area contributed by atoms with Crippen LogP contribution in [0.3, 0.4) is 0 Å². The normalized spacial score (nSPS) is 11.9. The summed E-state index contributed by atoms with van der Waals surface area (Å²) in [5, 5.41) is 0.272. The van der Waals surface area contributed by atoms with E-state index in [2.05, 4.69) is 20.9 Å². The van der Waals surface area contributed by atoms with E-state index in [0.29, 0.717) is 5.52 Å². The first-order chi connectivity index (χ1) is 10.8. The number of aromatic nitrogens is 2. The van der Waals surface area contributed by atoms with E-state index in [1.54, 1.807) is 24.3 Å². The molecular formula is C16H10BrF3N2O. The molecule has 1 aromatic heterocycles. The van der Waals surface area contributed by atoms with Crippen molar-refractivity contribution >= 4 is 26.8 Å². The average Bonchev–Trinajstić information content (AvgIpc) is 2.47. The lowest BCUT2D eigenvalue weighted by atomic mass is 10.1. The summed E-state index contributed by atoms with van der Waals surface area (Å²) in [5.74, 6) is 0.196. The number of hydrogen-bond acceptors (Lipinski definition) is 2. The molecule has 3 rings (SSSR count). The minimum absolute atomic E-state index is 0.196. The van der Waals surface area contributed by atoms with Crippen LogP contribution >= 0.6 is 15.9 Å². The SMILES string of the molecule is Cc1nc2ccccc2c(=O)n1-c1ccc(Br)cc1C(F)(F)F. The molecule has 0 aliphatic carbocycles. The van der Waals surface area contributed by atoms with Gasteiger partial charge in [0.2, 0.25) is 0 Å². The molecule has 1 heterocycles. The highest BCUT2D eigenvalue weighted by atomic mass is 79.9. The molecular weight excluding hydrogens is 373 g/mol. The molecule has 0 spiro atoms. The van der Waals surface area contributed by atoms with Crippen molar-refractivity contribution < 1.29 is 13.2 Å². The van der Waals surface area contributed by atoms with E-state index in [1.807, 2.05) is 0 Å². The molecule has 2 aromatic carbocycles. The number of nitrogens with zero attached hydrogens (tertiary/aromatic N) is 2. The monoisotopic (exact) mass is 382 g/mol. The van der Waals surface area contributed by atoms with E-state index in [1.165, 1.54) is 19.1 Å². The van der Waals surface area contributed by atoms with Gasteiger partial charge in [0.15, 0.2) is 0 Å². The Hall–Kier alpha value is -2.15. The van der Waals surface area contributed by atoms with Gasteiger partial charge in [-0.1, -0.05) is 28.1 Å². The molecule has 0 saturated carbocycles. The second kappa shape index (κ2) is 5.49. The highest BCUT2D eigenvalue weighted by molar-refractivity contribution is 9.10. The fourth-order valence-corrected chi connectivity index (χ4v) is 2.82. The Balaban J connectivity index is 2.41. The molecule has 0 amide bonds. The van der Waals surface area contributed by atoms with Gasteiger partial charge in [-0.3, -0.25) is 9.36 Å². The van der Waals surface area contributed by atoms with Crippen molar-refractivity contribution in [3.05, 3.63) is 68.7 Å². The standard InChI is InChI=1S/C16H10BrF3N2O/c1-9-21-13-5-3-2-4-11(13)15(23)22(9)14-7-6-10(17)8-12(14)16(18,19)20/h2-8H,1H3. The lowest BCUT2D eigenvalue weighted by Gasteiger charge is -2.17. The molecule has 3 aromatic rings. The predicted octanol–water partition coefficient (Wildman–Crippen LogP) is 4.48. The van der Waals surface area contributed by atoms with E-state index >= 15 is 0 Å². The van der Waals surface area contributed by atoms with Crippen molar-refractivity contribution in [3.8, 4) is 5.69 Å². The van der Waals surface area contributed by atoms with Crippen LogP contribution in [0.15, 0.2) is 51.7 Å². The minimum Gasteiger partial charge on any atom is -0.268 e. The summed E-state index contributed by atoms with van der Waals surface area (Å²) in [6, 6.07) is 10.3. The number of para-hydroxylation sites is 1. The Morgan fingerprint density at radius 3 is 2.52 bits per heavy atom. The van der Waals surface area contributed by atoms with Crippen molar-refractivity contribution in [1.82, 2.24) is 9.55 Å². The molecule has 0 N–H and O–H groups in total. The van der Waals surface area contributed by atoms with Crippen LogP contribution in [-0.4, -0.2) is 9.55 Å². The molecule has 0 aliphatic heterocycles. The Morgan fingerprint density at radius 2 is 1.83 bits per heavy atom. The number of fused-ring (bicyclic) bond motifs is 1. The average molecular weight is 383 g/mol. The van der Waals surface area contributed by atoms with Crippen LogP contribution in [0.25, 0.3) is 16.6 Å². The second-order valence-corrected chi connectivity index (χ2v) is 5.89. The van der Waals surface area contributed by atoms with E-state index < -0.39 is 17.3 Å². The third-order valence-electron chi connectivity index (χ3n) is 3.45. The largest absolute Gasteiger partial charge is 0.418 e. The van der Waals surface area contributed by atoms with Crippen molar-refractivity contribution in [2.45, 2.75) is 13.1 Å². The zero-order valence-corrected chi connectivity index (χ0v) is 13.4. The lowest BCUT2D eigenvalue weighted by molar-refractivity contribution is -0.137. The van der Waals surface area contributed by atoms with Gasteiger partial charge in [0.25, 0.3) is 5.56 Å². The van der Waals surface area contributed by atoms with Crippen LogP contribution in [0.5, 0.6) is 0 Å². The first kappa shape index (κ1) is 15.7. The van der Waals surface area contributed by atoms with E-state index in [-0.39, 0.29) is 21.4 Å². The number of alkyl halides is 3. The van der Waals surface area contributed by atoms with Gasteiger partial charge in [0, 0.05) is 4.47 Å². The molecule has 0 radical (unpaired) electrons. The number of aryl methyl sites for hydroxylation is 1. The van der Waals surface area contributed by atoms with E-state index in [0.717, 1.165) is 10.6 Å². The summed E-state index contributed by atoms with van der Waals surface area (Å²) in [6.07, 6.45) is -4.59. The maximum absolute atomic E-state index is 13.3. The van der Waals surface area contributed by atoms with Crippen molar-refractivity contribution in [2.24, 2.45) is 0 Å². The first-order valence-electron chi connectivity index (χ1n) is 6.64. The minimum atomic E-state index is -4.59. The molecule has 0 atom stereocenters.